The zero-order valence-corrected chi connectivity index (χ0v) is 25.2. The van der Waals surface area contributed by atoms with Crippen LogP contribution in [-0.2, 0) is 5.54 Å². The Morgan fingerprint density at radius 2 is 1.83 bits per heavy atom. The summed E-state index contributed by atoms with van der Waals surface area (Å²) in [7, 11) is 1.63. The Kier molecular flexibility index (Phi) is 8.11. The normalized spacial score (nSPS) is 18.2. The summed E-state index contributed by atoms with van der Waals surface area (Å²) >= 11 is 1.88. The molecule has 6 nitrogen and oxygen atoms in total. The van der Waals surface area contributed by atoms with Crippen LogP contribution in [0.5, 0.6) is 5.75 Å². The molecule has 3 fully saturated rings. The average Bonchev–Trinajstić information content (AvgIpc) is 3.32. The third-order valence-corrected chi connectivity index (χ3v) is 10.1. The Bertz CT molecular complexity index is 1530. The molecule has 7 heteroatoms. The first kappa shape index (κ1) is 27.9. The lowest BCUT2D eigenvalue weighted by molar-refractivity contribution is 0.0930. The van der Waals surface area contributed by atoms with E-state index in [4.69, 9.17) is 9.72 Å². The number of hydrogen-bond acceptors (Lipinski definition) is 6. The summed E-state index contributed by atoms with van der Waals surface area (Å²) in [5, 5.41) is 7.61. The molecule has 4 aromatic rings. The summed E-state index contributed by atoms with van der Waals surface area (Å²) in [6.07, 6.45) is 7.66. The molecule has 1 unspecified atom stereocenters. The van der Waals surface area contributed by atoms with Crippen LogP contribution >= 0.6 is 11.3 Å². The summed E-state index contributed by atoms with van der Waals surface area (Å²) in [4.78, 5) is 23.4. The molecule has 2 aromatic carbocycles. The average molecular weight is 569 g/mol. The van der Waals surface area contributed by atoms with Crippen LogP contribution in [0.2, 0.25) is 0 Å². The highest BCUT2D eigenvalue weighted by atomic mass is 32.1. The summed E-state index contributed by atoms with van der Waals surface area (Å²) in [5.74, 6) is 0.628. The number of amides is 1. The van der Waals surface area contributed by atoms with Crippen molar-refractivity contribution in [1.82, 2.24) is 20.5 Å². The number of nitrogens with one attached hydrogen (secondary N) is 2. The number of fused-ring (bicyclic) bond motifs is 1. The lowest BCUT2D eigenvalue weighted by Gasteiger charge is -2.22. The number of carbonyl (C=O) groups is 1. The van der Waals surface area contributed by atoms with E-state index in [1.165, 1.54) is 60.8 Å². The summed E-state index contributed by atoms with van der Waals surface area (Å²) in [6.45, 7) is 9.16. The molecule has 2 N–H and O–H groups in total. The standard InChI is InChI=1S/C31H33N3O2S.C3H7N/c1-20-8-9-23(36-3)19-25(20)30(35)33-31(12-13-31)26-17-22(18-27-24(26)7-6-14-32-27)29-11-10-28(37-29)21(2)34-15-4-5-16-34;1-2-4-3-1/h6-11,14,17-19,21H,4-5,12-13,15-16H2,1-3H3,(H,33,35);4H,1-3H2. The Balaban J connectivity index is 0.000000697. The smallest absolute Gasteiger partial charge is 0.252 e. The van der Waals surface area contributed by atoms with E-state index in [0.717, 1.165) is 34.9 Å². The van der Waals surface area contributed by atoms with Crippen molar-refractivity contribution in [2.24, 2.45) is 0 Å². The van der Waals surface area contributed by atoms with Gasteiger partial charge in [-0.1, -0.05) is 12.1 Å². The van der Waals surface area contributed by atoms with E-state index in [1.807, 2.05) is 48.7 Å². The van der Waals surface area contributed by atoms with Gasteiger partial charge in [0, 0.05) is 32.9 Å². The molecular weight excluding hydrogens is 528 g/mol. The monoisotopic (exact) mass is 568 g/mol. The number of carbonyl (C=O) groups excluding carboxylic acids is 1. The van der Waals surface area contributed by atoms with E-state index in [0.29, 0.717) is 17.4 Å². The van der Waals surface area contributed by atoms with Gasteiger partial charge < -0.3 is 15.4 Å². The maximum atomic E-state index is 13.5. The number of pyridine rings is 1. The Hall–Kier alpha value is -3.26. The Morgan fingerprint density at radius 3 is 2.51 bits per heavy atom. The van der Waals surface area contributed by atoms with Crippen molar-refractivity contribution in [3.63, 3.8) is 0 Å². The van der Waals surface area contributed by atoms with Crippen LogP contribution in [-0.4, -0.2) is 49.1 Å². The third-order valence-electron chi connectivity index (χ3n) is 8.75. The first-order valence-electron chi connectivity index (χ1n) is 14.9. The molecular formula is C34H40N4O2S. The van der Waals surface area contributed by atoms with E-state index in [-0.39, 0.29) is 11.4 Å². The van der Waals surface area contributed by atoms with Crippen LogP contribution < -0.4 is 15.4 Å². The number of ether oxygens (including phenoxy) is 1. The van der Waals surface area contributed by atoms with E-state index < -0.39 is 0 Å². The summed E-state index contributed by atoms with van der Waals surface area (Å²) in [6, 6.07) is 19.2. The molecule has 4 heterocycles. The largest absolute Gasteiger partial charge is 0.497 e. The lowest BCUT2D eigenvalue weighted by Crippen LogP contribution is -2.35. The topological polar surface area (TPSA) is 66.5 Å². The number of hydrogen-bond donors (Lipinski definition) is 2. The van der Waals surface area contributed by atoms with Gasteiger partial charge in [-0.3, -0.25) is 14.7 Å². The van der Waals surface area contributed by atoms with E-state index in [2.05, 4.69) is 52.8 Å². The van der Waals surface area contributed by atoms with Crippen LogP contribution in [0.3, 0.4) is 0 Å². The van der Waals surface area contributed by atoms with Crippen LogP contribution in [0.4, 0.5) is 0 Å². The number of likely N-dealkylation sites (tertiary alicyclic amines) is 1. The quantitative estimate of drug-likeness (QED) is 0.256. The summed E-state index contributed by atoms with van der Waals surface area (Å²) in [5.41, 5.74) is 4.51. The van der Waals surface area contributed by atoms with E-state index in [9.17, 15) is 4.79 Å². The minimum Gasteiger partial charge on any atom is -0.497 e. The molecule has 0 bridgehead atoms. The SMILES string of the molecule is C1CNC1.COc1ccc(C)c(C(=O)NC2(c3cc(-c4ccc(C(C)N5CCCC5)s4)cc4ncccc34)CC2)c1. The van der Waals surface area contributed by atoms with Crippen molar-refractivity contribution in [3.05, 3.63) is 82.4 Å². The Labute approximate surface area is 247 Å². The molecule has 214 valence electrons. The van der Waals surface area contributed by atoms with Gasteiger partial charge in [0.05, 0.1) is 18.2 Å². The molecule has 2 saturated heterocycles. The fourth-order valence-electron chi connectivity index (χ4n) is 5.78. The Morgan fingerprint density at radius 1 is 1.07 bits per heavy atom. The third kappa shape index (κ3) is 5.89. The first-order valence-corrected chi connectivity index (χ1v) is 15.7. The molecule has 41 heavy (non-hydrogen) atoms. The molecule has 3 aliphatic rings. The highest BCUT2D eigenvalue weighted by molar-refractivity contribution is 7.15. The van der Waals surface area contributed by atoms with Crippen molar-refractivity contribution in [2.75, 3.05) is 33.3 Å². The number of thiophene rings is 1. The minimum atomic E-state index is -0.382. The number of aryl methyl sites for hydroxylation is 1. The molecule has 0 spiro atoms. The maximum Gasteiger partial charge on any atom is 0.252 e. The van der Waals surface area contributed by atoms with Gasteiger partial charge in [-0.05, 0) is 131 Å². The number of rotatable bonds is 7. The number of benzene rings is 2. The minimum absolute atomic E-state index is 0.0609. The van der Waals surface area contributed by atoms with Gasteiger partial charge in [-0.15, -0.1) is 11.3 Å². The first-order chi connectivity index (χ1) is 20.0. The van der Waals surface area contributed by atoms with Gasteiger partial charge in [0.25, 0.3) is 5.91 Å². The highest BCUT2D eigenvalue weighted by Crippen LogP contribution is 2.49. The van der Waals surface area contributed by atoms with E-state index in [1.54, 1.807) is 7.11 Å². The molecule has 1 amide bonds. The summed E-state index contributed by atoms with van der Waals surface area (Å²) < 4.78 is 5.37. The zero-order valence-electron chi connectivity index (χ0n) is 24.3. The van der Waals surface area contributed by atoms with Crippen molar-refractivity contribution >= 4 is 28.1 Å². The number of methoxy groups -OCH3 is 1. The molecule has 7 rings (SSSR count). The van der Waals surface area contributed by atoms with Gasteiger partial charge in [-0.25, -0.2) is 0 Å². The molecule has 2 aromatic heterocycles. The molecule has 1 aliphatic carbocycles. The van der Waals surface area contributed by atoms with Crippen molar-refractivity contribution < 1.29 is 9.53 Å². The van der Waals surface area contributed by atoms with Gasteiger partial charge in [0.2, 0.25) is 0 Å². The van der Waals surface area contributed by atoms with Gasteiger partial charge in [0.1, 0.15) is 5.75 Å². The van der Waals surface area contributed by atoms with Crippen molar-refractivity contribution in [1.29, 1.82) is 0 Å². The van der Waals surface area contributed by atoms with E-state index >= 15 is 0 Å². The second kappa shape index (κ2) is 11.9. The highest BCUT2D eigenvalue weighted by Gasteiger charge is 2.47. The molecule has 0 radical (unpaired) electrons. The van der Waals surface area contributed by atoms with Gasteiger partial charge in [0.15, 0.2) is 0 Å². The van der Waals surface area contributed by atoms with Gasteiger partial charge in [-0.2, -0.15) is 0 Å². The lowest BCUT2D eigenvalue weighted by atomic mass is 9.95. The van der Waals surface area contributed by atoms with Crippen molar-refractivity contribution in [3.8, 4) is 16.2 Å². The second-order valence-corrected chi connectivity index (χ2v) is 12.7. The molecule has 2 aliphatic heterocycles. The predicted octanol–water partition coefficient (Wildman–Crippen LogP) is 6.84. The van der Waals surface area contributed by atoms with Crippen LogP contribution in [0.25, 0.3) is 21.3 Å². The number of nitrogens with zero attached hydrogens (tertiary/aromatic N) is 2. The van der Waals surface area contributed by atoms with Crippen LogP contribution in [0.15, 0.2) is 60.8 Å². The molecule has 1 saturated carbocycles. The fraction of sp³-hybridized carbons (Fsp3) is 0.412. The molecule has 1 atom stereocenters. The van der Waals surface area contributed by atoms with Crippen LogP contribution in [0, 0.1) is 6.92 Å². The number of aromatic nitrogens is 1. The maximum absolute atomic E-state index is 13.5. The fourth-order valence-corrected chi connectivity index (χ4v) is 6.86. The van der Waals surface area contributed by atoms with Crippen molar-refractivity contribution in [2.45, 2.75) is 57.5 Å². The second-order valence-electron chi connectivity index (χ2n) is 11.5. The van der Waals surface area contributed by atoms with Crippen LogP contribution in [0.1, 0.15) is 71.4 Å². The predicted molar refractivity (Wildman–Crippen MR) is 168 cm³/mol. The van der Waals surface area contributed by atoms with Gasteiger partial charge >= 0.3 is 0 Å². The zero-order chi connectivity index (χ0) is 28.4.